The summed E-state index contributed by atoms with van der Waals surface area (Å²) in [5.74, 6) is -0.344. The fourth-order valence-corrected chi connectivity index (χ4v) is 3.06. The first-order chi connectivity index (χ1) is 9.45. The van der Waals surface area contributed by atoms with E-state index in [0.29, 0.717) is 5.56 Å². The summed E-state index contributed by atoms with van der Waals surface area (Å²) < 4.78 is 33.3. The minimum Gasteiger partial charge on any atom is -0.497 e. The van der Waals surface area contributed by atoms with Crippen molar-refractivity contribution >= 4 is 15.9 Å². The van der Waals surface area contributed by atoms with E-state index in [1.807, 2.05) is 19.1 Å². The molecule has 2 rings (SSSR count). The Labute approximate surface area is 125 Å². The van der Waals surface area contributed by atoms with Crippen LogP contribution in [0.2, 0.25) is 0 Å². The molecule has 20 heavy (non-hydrogen) atoms. The van der Waals surface area contributed by atoms with Gasteiger partial charge in [-0.3, -0.25) is 0 Å². The molecule has 1 nitrogen and oxygen atoms in total. The fourth-order valence-electron chi connectivity index (χ4n) is 2.13. The number of hydrogen-bond acceptors (Lipinski definition) is 1. The van der Waals surface area contributed by atoms with Gasteiger partial charge in [-0.1, -0.05) is 28.1 Å². The Hall–Kier alpha value is -1.42. The summed E-state index contributed by atoms with van der Waals surface area (Å²) in [6.45, 7) is 3.51. The van der Waals surface area contributed by atoms with Crippen molar-refractivity contribution in [3.05, 3.63) is 64.2 Å². The SMILES string of the molecule is COc1ccc(C(Br)c2c(F)ccc(C)c2F)c(C)c1. The van der Waals surface area contributed by atoms with Gasteiger partial charge in [0.05, 0.1) is 11.9 Å². The van der Waals surface area contributed by atoms with Crippen molar-refractivity contribution in [2.75, 3.05) is 7.11 Å². The Morgan fingerprint density at radius 2 is 1.75 bits per heavy atom. The molecule has 0 N–H and O–H groups in total. The van der Waals surface area contributed by atoms with E-state index in [2.05, 4.69) is 15.9 Å². The van der Waals surface area contributed by atoms with E-state index in [0.717, 1.165) is 16.9 Å². The van der Waals surface area contributed by atoms with Gasteiger partial charge in [-0.05, 0) is 48.7 Å². The maximum atomic E-state index is 14.2. The topological polar surface area (TPSA) is 9.23 Å². The van der Waals surface area contributed by atoms with Crippen LogP contribution in [-0.4, -0.2) is 7.11 Å². The monoisotopic (exact) mass is 340 g/mol. The summed E-state index contributed by atoms with van der Waals surface area (Å²) in [5, 5.41) is 0. The Morgan fingerprint density at radius 3 is 2.35 bits per heavy atom. The number of aryl methyl sites for hydroxylation is 2. The van der Waals surface area contributed by atoms with E-state index < -0.39 is 16.5 Å². The summed E-state index contributed by atoms with van der Waals surface area (Å²) in [4.78, 5) is -0.534. The highest BCUT2D eigenvalue weighted by atomic mass is 79.9. The lowest BCUT2D eigenvalue weighted by atomic mass is 9.98. The number of methoxy groups -OCH3 is 1. The lowest BCUT2D eigenvalue weighted by Crippen LogP contribution is -2.04. The highest BCUT2D eigenvalue weighted by Crippen LogP contribution is 2.37. The molecule has 0 spiro atoms. The highest BCUT2D eigenvalue weighted by molar-refractivity contribution is 9.09. The van der Waals surface area contributed by atoms with Crippen LogP contribution in [-0.2, 0) is 0 Å². The standard InChI is InChI=1S/C16H15BrF2O/c1-9-4-7-13(18)14(16(9)19)15(17)12-6-5-11(20-3)8-10(12)2/h4-8,15H,1-3H3. The molecule has 0 fully saturated rings. The molecule has 0 radical (unpaired) electrons. The molecule has 0 aliphatic carbocycles. The van der Waals surface area contributed by atoms with Gasteiger partial charge in [0.15, 0.2) is 0 Å². The average molecular weight is 341 g/mol. The smallest absolute Gasteiger partial charge is 0.133 e. The second-order valence-corrected chi connectivity index (χ2v) is 5.59. The number of ether oxygens (including phenoxy) is 1. The highest BCUT2D eigenvalue weighted by Gasteiger charge is 2.22. The van der Waals surface area contributed by atoms with E-state index in [-0.39, 0.29) is 5.56 Å². The van der Waals surface area contributed by atoms with Gasteiger partial charge >= 0.3 is 0 Å². The minimum atomic E-state index is -0.551. The molecule has 0 heterocycles. The Bertz CT molecular complexity index is 641. The van der Waals surface area contributed by atoms with Gasteiger partial charge in [-0.15, -0.1) is 0 Å². The fraction of sp³-hybridized carbons (Fsp3) is 0.250. The number of benzene rings is 2. The van der Waals surface area contributed by atoms with E-state index in [1.54, 1.807) is 20.1 Å². The summed E-state index contributed by atoms with van der Waals surface area (Å²) in [6.07, 6.45) is 0. The molecule has 0 aliphatic heterocycles. The number of alkyl halides is 1. The van der Waals surface area contributed by atoms with Crippen LogP contribution in [0.1, 0.15) is 27.1 Å². The van der Waals surface area contributed by atoms with Crippen molar-refractivity contribution in [2.24, 2.45) is 0 Å². The van der Waals surface area contributed by atoms with Crippen LogP contribution in [0.3, 0.4) is 0 Å². The van der Waals surface area contributed by atoms with Crippen molar-refractivity contribution in [1.29, 1.82) is 0 Å². The molecule has 0 bridgehead atoms. The zero-order valence-electron chi connectivity index (χ0n) is 11.5. The third-order valence-electron chi connectivity index (χ3n) is 3.32. The van der Waals surface area contributed by atoms with E-state index in [4.69, 9.17) is 4.74 Å². The van der Waals surface area contributed by atoms with Gasteiger partial charge in [0.2, 0.25) is 0 Å². The van der Waals surface area contributed by atoms with Crippen molar-refractivity contribution in [3.8, 4) is 5.75 Å². The maximum Gasteiger partial charge on any atom is 0.133 e. The predicted octanol–water partition coefficient (Wildman–Crippen LogP) is 5.07. The maximum absolute atomic E-state index is 14.2. The van der Waals surface area contributed by atoms with Gasteiger partial charge in [0, 0.05) is 5.56 Å². The van der Waals surface area contributed by atoms with E-state index in [9.17, 15) is 8.78 Å². The molecular weight excluding hydrogens is 326 g/mol. The molecule has 0 aromatic heterocycles. The molecular formula is C16H15BrF2O. The van der Waals surface area contributed by atoms with Crippen molar-refractivity contribution in [2.45, 2.75) is 18.7 Å². The quantitative estimate of drug-likeness (QED) is 0.708. The molecule has 1 atom stereocenters. The lowest BCUT2D eigenvalue weighted by molar-refractivity contribution is 0.414. The van der Waals surface area contributed by atoms with Gasteiger partial charge in [-0.25, -0.2) is 8.78 Å². The van der Waals surface area contributed by atoms with Crippen LogP contribution >= 0.6 is 15.9 Å². The van der Waals surface area contributed by atoms with Gasteiger partial charge in [0.25, 0.3) is 0 Å². The molecule has 0 amide bonds. The summed E-state index contributed by atoms with van der Waals surface area (Å²) in [5.41, 5.74) is 2.19. The molecule has 0 saturated carbocycles. The van der Waals surface area contributed by atoms with Gasteiger partial charge in [-0.2, -0.15) is 0 Å². The summed E-state index contributed by atoms with van der Waals surface area (Å²) >= 11 is 3.41. The van der Waals surface area contributed by atoms with E-state index >= 15 is 0 Å². The minimum absolute atomic E-state index is 0.0401. The molecule has 2 aromatic carbocycles. The second kappa shape index (κ2) is 5.92. The van der Waals surface area contributed by atoms with Crippen LogP contribution in [0.15, 0.2) is 30.3 Å². The Morgan fingerprint density at radius 1 is 1.05 bits per heavy atom. The number of halogens is 3. The Balaban J connectivity index is 2.52. The Kier molecular flexibility index (Phi) is 4.43. The zero-order chi connectivity index (χ0) is 14.9. The molecule has 106 valence electrons. The van der Waals surface area contributed by atoms with Crippen LogP contribution in [0.4, 0.5) is 8.78 Å². The lowest BCUT2D eigenvalue weighted by Gasteiger charge is -2.17. The first kappa shape index (κ1) is 15.0. The molecule has 1 unspecified atom stereocenters. The van der Waals surface area contributed by atoms with Crippen LogP contribution in [0.25, 0.3) is 0 Å². The number of rotatable bonds is 3. The summed E-state index contributed by atoms with van der Waals surface area (Å²) in [7, 11) is 1.58. The van der Waals surface area contributed by atoms with Crippen molar-refractivity contribution in [1.82, 2.24) is 0 Å². The molecule has 0 saturated heterocycles. The third-order valence-corrected chi connectivity index (χ3v) is 4.27. The average Bonchev–Trinajstić information content (AvgIpc) is 2.43. The van der Waals surface area contributed by atoms with Gasteiger partial charge in [0.1, 0.15) is 17.4 Å². The van der Waals surface area contributed by atoms with Crippen LogP contribution in [0, 0.1) is 25.5 Å². The summed E-state index contributed by atoms with van der Waals surface area (Å²) in [6, 6.07) is 8.17. The van der Waals surface area contributed by atoms with Crippen LogP contribution in [0.5, 0.6) is 5.75 Å². The normalized spacial score (nSPS) is 12.3. The molecule has 0 aliphatic rings. The molecule has 2 aromatic rings. The van der Waals surface area contributed by atoms with Crippen molar-refractivity contribution < 1.29 is 13.5 Å². The largest absolute Gasteiger partial charge is 0.497 e. The zero-order valence-corrected chi connectivity index (χ0v) is 13.1. The molecule has 4 heteroatoms. The van der Waals surface area contributed by atoms with Crippen LogP contribution < -0.4 is 4.74 Å². The first-order valence-corrected chi connectivity index (χ1v) is 7.10. The third kappa shape index (κ3) is 2.70. The van der Waals surface area contributed by atoms with Gasteiger partial charge < -0.3 is 4.74 Å². The second-order valence-electron chi connectivity index (χ2n) is 4.68. The number of hydrogen-bond donors (Lipinski definition) is 0. The first-order valence-electron chi connectivity index (χ1n) is 6.18. The predicted molar refractivity (Wildman–Crippen MR) is 79.6 cm³/mol. The van der Waals surface area contributed by atoms with E-state index in [1.165, 1.54) is 12.1 Å². The van der Waals surface area contributed by atoms with Crippen molar-refractivity contribution in [3.63, 3.8) is 0 Å².